The topological polar surface area (TPSA) is 92.7 Å². The second-order valence-corrected chi connectivity index (χ2v) is 4.59. The van der Waals surface area contributed by atoms with Gasteiger partial charge in [-0.3, -0.25) is 9.59 Å². The molecule has 1 aliphatic rings. The van der Waals surface area contributed by atoms with E-state index in [0.29, 0.717) is 0 Å². The molecule has 2 N–H and O–H groups in total. The minimum Gasteiger partial charge on any atom is -0.480 e. The first-order valence-corrected chi connectivity index (χ1v) is 6.14. The number of aliphatic carboxylic acids is 1. The van der Waals surface area contributed by atoms with Crippen molar-refractivity contribution in [1.82, 2.24) is 5.32 Å². The van der Waals surface area contributed by atoms with E-state index in [-0.39, 0.29) is 24.9 Å². The smallest absolute Gasteiger partial charge is 0.326 e. The van der Waals surface area contributed by atoms with E-state index in [4.69, 9.17) is 9.84 Å². The van der Waals surface area contributed by atoms with E-state index in [1.54, 1.807) is 13.8 Å². The fourth-order valence-corrected chi connectivity index (χ4v) is 1.66. The van der Waals surface area contributed by atoms with Gasteiger partial charge >= 0.3 is 11.9 Å². The molecule has 0 radical (unpaired) electrons. The van der Waals surface area contributed by atoms with Gasteiger partial charge in [-0.15, -0.1) is 0 Å². The number of rotatable bonds is 7. The Morgan fingerprint density at radius 1 is 1.39 bits per heavy atom. The minimum absolute atomic E-state index is 0.0181. The summed E-state index contributed by atoms with van der Waals surface area (Å²) in [4.78, 5) is 33.9. The van der Waals surface area contributed by atoms with Crippen LogP contribution in [0.2, 0.25) is 0 Å². The van der Waals surface area contributed by atoms with Gasteiger partial charge in [-0.1, -0.05) is 6.92 Å². The maximum Gasteiger partial charge on any atom is 0.326 e. The second kappa shape index (κ2) is 6.37. The molecule has 0 heterocycles. The van der Waals surface area contributed by atoms with Crippen LogP contribution in [0.3, 0.4) is 0 Å². The molecule has 102 valence electrons. The fraction of sp³-hybridized carbons (Fsp3) is 0.750. The minimum atomic E-state index is -1.12. The maximum atomic E-state index is 11.5. The summed E-state index contributed by atoms with van der Waals surface area (Å²) in [5.74, 6) is -2.36. The summed E-state index contributed by atoms with van der Waals surface area (Å²) in [6.45, 7) is 3.56. The van der Waals surface area contributed by atoms with Crippen LogP contribution in [-0.2, 0) is 19.1 Å². The van der Waals surface area contributed by atoms with Crippen molar-refractivity contribution < 1.29 is 24.2 Å². The molecule has 0 spiro atoms. The molecule has 0 aromatic carbocycles. The van der Waals surface area contributed by atoms with E-state index in [0.717, 1.165) is 12.8 Å². The number of esters is 1. The first kappa shape index (κ1) is 14.5. The molecule has 0 aromatic heterocycles. The highest BCUT2D eigenvalue weighted by molar-refractivity contribution is 5.86. The molecule has 1 rings (SSSR count). The van der Waals surface area contributed by atoms with Crippen molar-refractivity contribution in [2.45, 2.75) is 39.2 Å². The van der Waals surface area contributed by atoms with E-state index in [1.807, 2.05) is 0 Å². The number of amides is 1. The highest BCUT2D eigenvalue weighted by Gasteiger charge is 2.35. The summed E-state index contributed by atoms with van der Waals surface area (Å²) in [5, 5.41) is 11.6. The highest BCUT2D eigenvalue weighted by Crippen LogP contribution is 2.29. The zero-order chi connectivity index (χ0) is 13.7. The number of ether oxygens (including phenoxy) is 1. The summed E-state index contributed by atoms with van der Waals surface area (Å²) in [7, 11) is 0. The molecule has 0 saturated heterocycles. The van der Waals surface area contributed by atoms with Gasteiger partial charge < -0.3 is 15.2 Å². The molecule has 0 bridgehead atoms. The van der Waals surface area contributed by atoms with Crippen molar-refractivity contribution in [3.05, 3.63) is 0 Å². The standard InChI is InChI=1S/C12H19NO5/c1-3-18-9(14)6-7(2)10(12(16)17)13-11(15)8-4-5-8/h7-8,10H,3-6H2,1-2H3,(H,13,15)(H,16,17)/t7-,10-/m1/s1. The predicted octanol–water partition coefficient (Wildman–Crippen LogP) is 0.555. The zero-order valence-electron chi connectivity index (χ0n) is 10.6. The Morgan fingerprint density at radius 2 is 2.00 bits per heavy atom. The Hall–Kier alpha value is -1.59. The number of carbonyl (C=O) groups is 3. The van der Waals surface area contributed by atoms with Crippen LogP contribution < -0.4 is 5.32 Å². The summed E-state index contributed by atoms with van der Waals surface area (Å²) < 4.78 is 4.76. The Labute approximate surface area is 106 Å². The van der Waals surface area contributed by atoms with Crippen LogP contribution in [0.15, 0.2) is 0 Å². The third-order valence-corrected chi connectivity index (χ3v) is 2.87. The number of hydrogen-bond donors (Lipinski definition) is 2. The third kappa shape index (κ3) is 4.35. The highest BCUT2D eigenvalue weighted by atomic mass is 16.5. The maximum absolute atomic E-state index is 11.5. The van der Waals surface area contributed by atoms with E-state index < -0.39 is 23.9 Å². The molecule has 1 amide bonds. The van der Waals surface area contributed by atoms with Crippen LogP contribution in [0, 0.1) is 11.8 Å². The van der Waals surface area contributed by atoms with Crippen molar-refractivity contribution in [3.8, 4) is 0 Å². The van der Waals surface area contributed by atoms with Crippen LogP contribution in [0.5, 0.6) is 0 Å². The van der Waals surface area contributed by atoms with Gasteiger partial charge in [0.25, 0.3) is 0 Å². The Kier molecular flexibility index (Phi) is 5.12. The zero-order valence-corrected chi connectivity index (χ0v) is 10.6. The van der Waals surface area contributed by atoms with Gasteiger partial charge in [-0.05, 0) is 25.7 Å². The average molecular weight is 257 g/mol. The fourth-order valence-electron chi connectivity index (χ4n) is 1.66. The Bertz CT molecular complexity index is 337. The van der Waals surface area contributed by atoms with Gasteiger partial charge in [0.15, 0.2) is 0 Å². The van der Waals surface area contributed by atoms with Crippen molar-refractivity contribution in [2.24, 2.45) is 11.8 Å². The van der Waals surface area contributed by atoms with Crippen molar-refractivity contribution in [1.29, 1.82) is 0 Å². The number of carboxylic acids is 1. The quantitative estimate of drug-likeness (QED) is 0.650. The lowest BCUT2D eigenvalue weighted by Gasteiger charge is -2.20. The molecule has 0 aromatic rings. The van der Waals surface area contributed by atoms with Crippen LogP contribution in [0.25, 0.3) is 0 Å². The van der Waals surface area contributed by atoms with Crippen molar-refractivity contribution >= 4 is 17.8 Å². The van der Waals surface area contributed by atoms with Crippen molar-refractivity contribution in [2.75, 3.05) is 6.61 Å². The molecule has 1 saturated carbocycles. The molecule has 1 aliphatic carbocycles. The first-order chi connectivity index (χ1) is 8.45. The van der Waals surface area contributed by atoms with E-state index in [2.05, 4.69) is 5.32 Å². The molecule has 0 unspecified atom stereocenters. The lowest BCUT2D eigenvalue weighted by atomic mass is 9.98. The van der Waals surface area contributed by atoms with Gasteiger partial charge in [0.1, 0.15) is 6.04 Å². The monoisotopic (exact) mass is 257 g/mol. The molecule has 18 heavy (non-hydrogen) atoms. The van der Waals surface area contributed by atoms with Crippen LogP contribution in [0.1, 0.15) is 33.1 Å². The summed E-state index contributed by atoms with van der Waals surface area (Å²) in [6, 6.07) is -1.04. The predicted molar refractivity (Wildman–Crippen MR) is 62.7 cm³/mol. The summed E-state index contributed by atoms with van der Waals surface area (Å²) >= 11 is 0. The lowest BCUT2D eigenvalue weighted by molar-refractivity contribution is -0.147. The summed E-state index contributed by atoms with van der Waals surface area (Å²) in [6.07, 6.45) is 1.60. The van der Waals surface area contributed by atoms with Gasteiger partial charge in [0.05, 0.1) is 13.0 Å². The number of carboxylic acid groups (broad SMARTS) is 1. The van der Waals surface area contributed by atoms with Gasteiger partial charge in [-0.2, -0.15) is 0 Å². The van der Waals surface area contributed by atoms with Crippen LogP contribution in [-0.4, -0.2) is 35.6 Å². The normalized spacial score (nSPS) is 17.7. The Morgan fingerprint density at radius 3 is 2.44 bits per heavy atom. The Balaban J connectivity index is 2.51. The van der Waals surface area contributed by atoms with Gasteiger partial charge in [-0.25, -0.2) is 4.79 Å². The summed E-state index contributed by atoms with van der Waals surface area (Å²) in [5.41, 5.74) is 0. The van der Waals surface area contributed by atoms with Crippen LogP contribution in [0.4, 0.5) is 0 Å². The molecule has 6 nitrogen and oxygen atoms in total. The molecule has 6 heteroatoms. The number of carbonyl (C=O) groups excluding carboxylic acids is 2. The van der Waals surface area contributed by atoms with E-state index in [1.165, 1.54) is 0 Å². The van der Waals surface area contributed by atoms with E-state index in [9.17, 15) is 14.4 Å². The molecule has 1 fully saturated rings. The molecular weight excluding hydrogens is 238 g/mol. The third-order valence-electron chi connectivity index (χ3n) is 2.87. The largest absolute Gasteiger partial charge is 0.480 e. The lowest BCUT2D eigenvalue weighted by Crippen LogP contribution is -2.46. The van der Waals surface area contributed by atoms with Gasteiger partial charge in [0.2, 0.25) is 5.91 Å². The van der Waals surface area contributed by atoms with E-state index >= 15 is 0 Å². The van der Waals surface area contributed by atoms with Gasteiger partial charge in [0, 0.05) is 5.92 Å². The molecule has 0 aliphatic heterocycles. The SMILES string of the molecule is CCOC(=O)C[C@@H](C)[C@@H](NC(=O)C1CC1)C(=O)O. The molecule has 2 atom stereocenters. The average Bonchev–Trinajstić information content (AvgIpc) is 3.08. The second-order valence-electron chi connectivity index (χ2n) is 4.59. The first-order valence-electron chi connectivity index (χ1n) is 6.14. The van der Waals surface area contributed by atoms with Crippen LogP contribution >= 0.6 is 0 Å². The molecular formula is C12H19NO5. The number of nitrogens with one attached hydrogen (secondary N) is 1. The number of hydrogen-bond acceptors (Lipinski definition) is 4. The van der Waals surface area contributed by atoms with Crippen molar-refractivity contribution in [3.63, 3.8) is 0 Å².